The molecule has 0 nitrogen and oxygen atoms in total. The zero-order chi connectivity index (χ0) is 24.5. The minimum absolute atomic E-state index is 1.20. The molecule has 0 saturated carbocycles. The summed E-state index contributed by atoms with van der Waals surface area (Å²) in [5.41, 5.74) is 0. The van der Waals surface area contributed by atoms with Crippen LogP contribution < -0.4 is 0 Å². The third-order valence-electron chi connectivity index (χ3n) is 6.38. The maximum absolute atomic E-state index is 3.75. The molecule has 194 valence electrons. The smallest absolute Gasteiger partial charge is 0.0353 e. The molecule has 0 bridgehead atoms. The molecule has 0 radical (unpaired) electrons. The van der Waals surface area contributed by atoms with Crippen molar-refractivity contribution in [2.24, 2.45) is 0 Å². The van der Waals surface area contributed by atoms with Gasteiger partial charge >= 0.3 is 0 Å². The van der Waals surface area contributed by atoms with Crippen molar-refractivity contribution < 1.29 is 0 Å². The van der Waals surface area contributed by atoms with E-state index in [1.807, 2.05) is 24.3 Å². The molecule has 0 heteroatoms. The first-order valence-corrected chi connectivity index (χ1v) is 14.8. The van der Waals surface area contributed by atoms with E-state index in [0.29, 0.717) is 0 Å². The van der Waals surface area contributed by atoms with Crippen LogP contribution >= 0.6 is 0 Å². The van der Waals surface area contributed by atoms with E-state index in [2.05, 4.69) is 26.3 Å². The number of hydrogen-bond acceptors (Lipinski definition) is 0. The fourth-order valence-electron chi connectivity index (χ4n) is 4.16. The molecule has 0 heterocycles. The first kappa shape index (κ1) is 34.1. The van der Waals surface area contributed by atoms with E-state index in [1.54, 1.807) is 0 Å². The van der Waals surface area contributed by atoms with Gasteiger partial charge in [0.1, 0.15) is 0 Å². The summed E-state index contributed by atoms with van der Waals surface area (Å²) in [6.45, 7) is 15.0. The highest BCUT2D eigenvalue weighted by molar-refractivity contribution is 4.67. The molecule has 0 fully saturated rings. The van der Waals surface area contributed by atoms with E-state index >= 15 is 0 Å². The van der Waals surface area contributed by atoms with Crippen LogP contribution in [0.3, 0.4) is 0 Å². The van der Waals surface area contributed by atoms with E-state index in [0.717, 1.165) is 0 Å². The summed E-state index contributed by atoms with van der Waals surface area (Å²) in [7, 11) is 0. The Balaban J connectivity index is 0. The Bertz CT molecular complexity index is 341. The number of hydrogen-bond donors (Lipinski definition) is 0. The molecule has 0 aliphatic carbocycles. The number of unbranched alkanes of at least 4 members (excludes halogenated alkanes) is 23. The molecule has 0 spiro atoms. The summed E-state index contributed by atoms with van der Waals surface area (Å²) in [5.74, 6) is 0. The average molecular weight is 459 g/mol. The molecule has 0 N–H and O–H groups in total. The Morgan fingerprint density at radius 2 is 0.333 bits per heavy atom. The molecular weight excluding hydrogens is 396 g/mol. The Kier molecular flexibility index (Phi) is 36.8. The quantitative estimate of drug-likeness (QED) is 0.0847. The molecule has 0 aromatic rings. The molecule has 0 atom stereocenters. The van der Waals surface area contributed by atoms with Gasteiger partial charge in [0, 0.05) is 0 Å². The van der Waals surface area contributed by atoms with Crippen molar-refractivity contribution in [3.63, 3.8) is 0 Å². The number of rotatable bonds is 27. The molecule has 0 aliphatic heterocycles. The maximum Gasteiger partial charge on any atom is -0.0353 e. The van der Waals surface area contributed by atoms with E-state index in [9.17, 15) is 0 Å². The van der Waals surface area contributed by atoms with Crippen LogP contribution in [-0.2, 0) is 0 Å². The Labute approximate surface area is 211 Å². The molecule has 0 aromatic heterocycles. The van der Waals surface area contributed by atoms with E-state index < -0.39 is 0 Å². The minimum atomic E-state index is 1.20. The molecule has 0 unspecified atom stereocenters. The van der Waals surface area contributed by atoms with Crippen molar-refractivity contribution in [2.75, 3.05) is 0 Å². The van der Waals surface area contributed by atoms with E-state index in [-0.39, 0.29) is 0 Å². The zero-order valence-electron chi connectivity index (χ0n) is 22.8. The van der Waals surface area contributed by atoms with Crippen molar-refractivity contribution in [2.45, 2.75) is 161 Å². The van der Waals surface area contributed by atoms with E-state index in [4.69, 9.17) is 0 Å². The second-order valence-corrected chi connectivity index (χ2v) is 9.73. The van der Waals surface area contributed by atoms with Gasteiger partial charge in [0.05, 0.1) is 0 Å². The van der Waals surface area contributed by atoms with Gasteiger partial charge in [0.2, 0.25) is 0 Å². The minimum Gasteiger partial charge on any atom is -0.103 e. The van der Waals surface area contributed by atoms with Crippen LogP contribution in [0.25, 0.3) is 0 Å². The highest BCUT2D eigenvalue weighted by Crippen LogP contribution is 2.13. The summed E-state index contributed by atoms with van der Waals surface area (Å²) in [6.07, 6.45) is 42.5. The van der Waals surface area contributed by atoms with Gasteiger partial charge in [-0.2, -0.15) is 0 Å². The van der Waals surface area contributed by atoms with Crippen molar-refractivity contribution in [3.8, 4) is 0 Å². The predicted molar refractivity (Wildman–Crippen MR) is 156 cm³/mol. The summed E-state index contributed by atoms with van der Waals surface area (Å²) < 4.78 is 0. The van der Waals surface area contributed by atoms with Crippen LogP contribution in [0, 0.1) is 0 Å². The van der Waals surface area contributed by atoms with Gasteiger partial charge in [0.25, 0.3) is 0 Å². The van der Waals surface area contributed by atoms with Crippen LogP contribution in [0.5, 0.6) is 0 Å². The van der Waals surface area contributed by atoms with Crippen LogP contribution in [0.4, 0.5) is 0 Å². The first-order valence-electron chi connectivity index (χ1n) is 14.8. The van der Waals surface area contributed by atoms with Crippen LogP contribution in [0.2, 0.25) is 0 Å². The second-order valence-electron chi connectivity index (χ2n) is 9.73. The fourth-order valence-corrected chi connectivity index (χ4v) is 4.16. The summed E-state index contributed by atoms with van der Waals surface area (Å²) in [5, 5.41) is 0. The Morgan fingerprint density at radius 3 is 0.455 bits per heavy atom. The molecule has 33 heavy (non-hydrogen) atoms. The SMILES string of the molecule is C=CCCCCCCCCCCCCC=C.C=CCCCCCCCCCCCCCC=C. The first-order chi connectivity index (χ1) is 16.3. The molecule has 0 aromatic carbocycles. The van der Waals surface area contributed by atoms with Crippen LogP contribution in [0.1, 0.15) is 161 Å². The van der Waals surface area contributed by atoms with Crippen molar-refractivity contribution >= 4 is 0 Å². The Morgan fingerprint density at radius 1 is 0.212 bits per heavy atom. The zero-order valence-corrected chi connectivity index (χ0v) is 22.8. The largest absolute Gasteiger partial charge is 0.103 e. The third kappa shape index (κ3) is 38.5. The van der Waals surface area contributed by atoms with E-state index in [1.165, 1.54) is 161 Å². The van der Waals surface area contributed by atoms with Gasteiger partial charge in [-0.15, -0.1) is 26.3 Å². The highest BCUT2D eigenvalue weighted by Gasteiger charge is 1.93. The molecular formula is C33H62. The standard InChI is InChI=1S/C17H32.C16H30/c1-3-5-7-9-11-13-15-17-16-14-12-10-8-6-4-2;1-3-5-7-9-11-13-15-16-14-12-10-8-6-4-2/h3-4H,1-2,5-17H2;3-4H,1-2,5-16H2. The lowest BCUT2D eigenvalue weighted by atomic mass is 10.0. The van der Waals surface area contributed by atoms with Crippen molar-refractivity contribution in [1.82, 2.24) is 0 Å². The summed E-state index contributed by atoms with van der Waals surface area (Å²) in [6, 6.07) is 0. The third-order valence-corrected chi connectivity index (χ3v) is 6.38. The van der Waals surface area contributed by atoms with Gasteiger partial charge in [-0.3, -0.25) is 0 Å². The van der Waals surface area contributed by atoms with Gasteiger partial charge in [-0.05, 0) is 51.4 Å². The molecule has 0 saturated heterocycles. The average Bonchev–Trinajstić information content (AvgIpc) is 2.83. The van der Waals surface area contributed by atoms with Crippen LogP contribution in [0.15, 0.2) is 50.6 Å². The normalized spacial score (nSPS) is 10.3. The molecule has 0 rings (SSSR count). The van der Waals surface area contributed by atoms with Gasteiger partial charge in [-0.25, -0.2) is 0 Å². The Hall–Kier alpha value is -1.04. The summed E-state index contributed by atoms with van der Waals surface area (Å²) in [4.78, 5) is 0. The maximum atomic E-state index is 3.75. The van der Waals surface area contributed by atoms with Crippen molar-refractivity contribution in [3.05, 3.63) is 50.6 Å². The second kappa shape index (κ2) is 35.5. The van der Waals surface area contributed by atoms with Crippen molar-refractivity contribution in [1.29, 1.82) is 0 Å². The lowest BCUT2D eigenvalue weighted by Crippen LogP contribution is -1.82. The summed E-state index contributed by atoms with van der Waals surface area (Å²) >= 11 is 0. The fraction of sp³-hybridized carbons (Fsp3) is 0.758. The molecule has 0 amide bonds. The topological polar surface area (TPSA) is 0 Å². The van der Waals surface area contributed by atoms with Gasteiger partial charge in [-0.1, -0.05) is 133 Å². The van der Waals surface area contributed by atoms with Gasteiger partial charge < -0.3 is 0 Å². The lowest BCUT2D eigenvalue weighted by molar-refractivity contribution is 0.547. The lowest BCUT2D eigenvalue weighted by Gasteiger charge is -2.02. The monoisotopic (exact) mass is 458 g/mol. The predicted octanol–water partition coefficient (Wildman–Crippen LogP) is 12.5. The van der Waals surface area contributed by atoms with Gasteiger partial charge in [0.15, 0.2) is 0 Å². The van der Waals surface area contributed by atoms with Crippen LogP contribution in [-0.4, -0.2) is 0 Å². The number of allylic oxidation sites excluding steroid dienone is 4. The molecule has 0 aliphatic rings. The highest BCUT2D eigenvalue weighted by atomic mass is 14.0.